The number of nitrogens with zero attached hydrogens (tertiary/aromatic N) is 2. The Bertz CT molecular complexity index is 978. The molecule has 2 aromatic carbocycles. The second kappa shape index (κ2) is 5.32. The highest BCUT2D eigenvalue weighted by Crippen LogP contribution is 2.25. The second-order valence-corrected chi connectivity index (χ2v) is 6.93. The molecular weight excluding hydrogens is 296 g/mol. The Morgan fingerprint density at radius 2 is 1.82 bits per heavy atom. The molecule has 0 amide bonds. The van der Waals surface area contributed by atoms with Gasteiger partial charge in [-0.3, -0.25) is 0 Å². The van der Waals surface area contributed by atoms with Crippen molar-refractivity contribution >= 4 is 20.9 Å². The molecule has 0 radical (unpaired) electrons. The lowest BCUT2D eigenvalue weighted by atomic mass is 10.1. The Hall–Kier alpha value is -2.58. The van der Waals surface area contributed by atoms with Crippen molar-refractivity contribution in [3.63, 3.8) is 0 Å². The van der Waals surface area contributed by atoms with E-state index in [1.165, 1.54) is 3.97 Å². The fourth-order valence-corrected chi connectivity index (χ4v) is 3.83. The molecule has 0 unspecified atom stereocenters. The molecule has 1 heterocycles. The third-order valence-electron chi connectivity index (χ3n) is 3.63. The lowest BCUT2D eigenvalue weighted by Crippen LogP contribution is -2.11. The summed E-state index contributed by atoms with van der Waals surface area (Å²) in [6.07, 6.45) is 1.80. The van der Waals surface area contributed by atoms with E-state index in [1.807, 2.05) is 13.0 Å². The van der Waals surface area contributed by atoms with Gasteiger partial charge in [0.1, 0.15) is 0 Å². The standard InChI is InChI=1S/C17H14N2O2S/c1-13-5-7-15(8-6-13)22(20,21)19-12-10-16-14(9-11-18)3-2-4-17(16)19/h2-8,10,12H,9H2,1H3. The summed E-state index contributed by atoms with van der Waals surface area (Å²) < 4.78 is 26.8. The fraction of sp³-hybridized carbons (Fsp3) is 0.118. The van der Waals surface area contributed by atoms with Gasteiger partial charge >= 0.3 is 0 Å². The highest BCUT2D eigenvalue weighted by molar-refractivity contribution is 7.90. The van der Waals surface area contributed by atoms with E-state index in [2.05, 4.69) is 6.07 Å². The molecule has 0 atom stereocenters. The molecule has 0 spiro atoms. The summed E-state index contributed by atoms with van der Waals surface area (Å²) in [5.74, 6) is 0. The SMILES string of the molecule is Cc1ccc(S(=O)(=O)n2ccc3c(CC#N)cccc32)cc1. The molecule has 22 heavy (non-hydrogen) atoms. The Balaban J connectivity index is 2.20. The van der Waals surface area contributed by atoms with Crippen LogP contribution in [0.5, 0.6) is 0 Å². The summed E-state index contributed by atoms with van der Waals surface area (Å²) in [5, 5.41) is 9.67. The smallest absolute Gasteiger partial charge is 0.241 e. The van der Waals surface area contributed by atoms with Gasteiger partial charge in [-0.2, -0.15) is 5.26 Å². The number of aryl methyl sites for hydroxylation is 1. The van der Waals surface area contributed by atoms with Gasteiger partial charge < -0.3 is 0 Å². The number of fused-ring (bicyclic) bond motifs is 1. The zero-order valence-electron chi connectivity index (χ0n) is 12.0. The van der Waals surface area contributed by atoms with E-state index in [0.717, 1.165) is 16.5 Å². The zero-order chi connectivity index (χ0) is 15.7. The highest BCUT2D eigenvalue weighted by atomic mass is 32.2. The van der Waals surface area contributed by atoms with E-state index in [9.17, 15) is 8.42 Å². The van der Waals surface area contributed by atoms with Crippen LogP contribution in [0.2, 0.25) is 0 Å². The van der Waals surface area contributed by atoms with Gasteiger partial charge in [0.05, 0.1) is 22.9 Å². The number of hydrogen-bond acceptors (Lipinski definition) is 3. The van der Waals surface area contributed by atoms with E-state index in [0.29, 0.717) is 5.52 Å². The van der Waals surface area contributed by atoms with Crippen LogP contribution in [0.3, 0.4) is 0 Å². The van der Waals surface area contributed by atoms with Crippen molar-refractivity contribution in [1.82, 2.24) is 3.97 Å². The van der Waals surface area contributed by atoms with Crippen LogP contribution in [0.25, 0.3) is 10.9 Å². The summed E-state index contributed by atoms with van der Waals surface area (Å²) in [6, 6.07) is 16.0. The normalized spacial score (nSPS) is 11.5. The number of benzene rings is 2. The van der Waals surface area contributed by atoms with Crippen molar-refractivity contribution in [3.05, 3.63) is 65.9 Å². The minimum Gasteiger partial charge on any atom is -0.241 e. The first-order valence-corrected chi connectivity index (χ1v) is 8.26. The Labute approximate surface area is 129 Å². The van der Waals surface area contributed by atoms with Crippen molar-refractivity contribution in [2.45, 2.75) is 18.2 Å². The van der Waals surface area contributed by atoms with Crippen LogP contribution in [-0.2, 0) is 16.4 Å². The van der Waals surface area contributed by atoms with Gasteiger partial charge in [-0.25, -0.2) is 12.4 Å². The van der Waals surface area contributed by atoms with E-state index in [1.54, 1.807) is 48.7 Å². The van der Waals surface area contributed by atoms with E-state index in [-0.39, 0.29) is 11.3 Å². The van der Waals surface area contributed by atoms with Gasteiger partial charge in [-0.1, -0.05) is 29.8 Å². The van der Waals surface area contributed by atoms with Crippen molar-refractivity contribution in [2.75, 3.05) is 0 Å². The topological polar surface area (TPSA) is 62.9 Å². The van der Waals surface area contributed by atoms with Crippen LogP contribution in [0.1, 0.15) is 11.1 Å². The van der Waals surface area contributed by atoms with Crippen molar-refractivity contribution in [3.8, 4) is 6.07 Å². The molecule has 0 bridgehead atoms. The molecule has 5 heteroatoms. The number of hydrogen-bond donors (Lipinski definition) is 0. The highest BCUT2D eigenvalue weighted by Gasteiger charge is 2.19. The van der Waals surface area contributed by atoms with Gasteiger partial charge in [0.25, 0.3) is 10.0 Å². The summed E-state index contributed by atoms with van der Waals surface area (Å²) >= 11 is 0. The molecule has 3 rings (SSSR count). The van der Waals surface area contributed by atoms with E-state index < -0.39 is 10.0 Å². The molecule has 0 aliphatic rings. The maximum absolute atomic E-state index is 12.8. The van der Waals surface area contributed by atoms with Gasteiger partial charge in [0, 0.05) is 11.6 Å². The summed E-state index contributed by atoms with van der Waals surface area (Å²) in [6.45, 7) is 1.91. The molecular formula is C17H14N2O2S. The Kier molecular flexibility index (Phi) is 3.47. The molecule has 4 nitrogen and oxygen atoms in total. The molecule has 0 N–H and O–H groups in total. The van der Waals surface area contributed by atoms with Crippen LogP contribution in [-0.4, -0.2) is 12.4 Å². The zero-order valence-corrected chi connectivity index (χ0v) is 12.8. The van der Waals surface area contributed by atoms with Crippen molar-refractivity contribution in [1.29, 1.82) is 5.26 Å². The number of aromatic nitrogens is 1. The molecule has 0 saturated carbocycles. The Morgan fingerprint density at radius 1 is 1.09 bits per heavy atom. The number of nitriles is 1. The number of rotatable bonds is 3. The average molecular weight is 310 g/mol. The first-order valence-electron chi connectivity index (χ1n) is 6.82. The molecule has 0 aliphatic carbocycles. The first kappa shape index (κ1) is 14.4. The predicted octanol–water partition coefficient (Wildman–Crippen LogP) is 3.25. The van der Waals surface area contributed by atoms with Gasteiger partial charge in [0.2, 0.25) is 0 Å². The van der Waals surface area contributed by atoms with Gasteiger partial charge in [0.15, 0.2) is 0 Å². The first-order chi connectivity index (χ1) is 10.5. The largest absolute Gasteiger partial charge is 0.268 e. The van der Waals surface area contributed by atoms with E-state index >= 15 is 0 Å². The quantitative estimate of drug-likeness (QED) is 0.746. The summed E-state index contributed by atoms with van der Waals surface area (Å²) in [4.78, 5) is 0.251. The molecule has 0 aliphatic heterocycles. The third-order valence-corrected chi connectivity index (χ3v) is 5.34. The predicted molar refractivity (Wildman–Crippen MR) is 85.0 cm³/mol. The monoisotopic (exact) mass is 310 g/mol. The molecule has 110 valence electrons. The summed E-state index contributed by atoms with van der Waals surface area (Å²) in [5.41, 5.74) is 2.43. The molecule has 3 aromatic rings. The van der Waals surface area contributed by atoms with Crippen LogP contribution >= 0.6 is 0 Å². The van der Waals surface area contributed by atoms with Crippen molar-refractivity contribution < 1.29 is 8.42 Å². The molecule has 0 fully saturated rings. The minimum absolute atomic E-state index is 0.251. The van der Waals surface area contributed by atoms with Crippen LogP contribution in [0.4, 0.5) is 0 Å². The maximum atomic E-state index is 12.8. The van der Waals surface area contributed by atoms with Gasteiger partial charge in [-0.15, -0.1) is 0 Å². The molecule has 0 saturated heterocycles. The van der Waals surface area contributed by atoms with Crippen LogP contribution in [0, 0.1) is 18.3 Å². The lowest BCUT2D eigenvalue weighted by molar-refractivity contribution is 0.589. The Morgan fingerprint density at radius 3 is 2.50 bits per heavy atom. The fourth-order valence-electron chi connectivity index (χ4n) is 2.48. The average Bonchev–Trinajstić information content (AvgIpc) is 2.94. The lowest BCUT2D eigenvalue weighted by Gasteiger charge is -2.08. The van der Waals surface area contributed by atoms with Crippen LogP contribution < -0.4 is 0 Å². The van der Waals surface area contributed by atoms with E-state index in [4.69, 9.17) is 5.26 Å². The molecule has 1 aromatic heterocycles. The minimum atomic E-state index is -3.64. The maximum Gasteiger partial charge on any atom is 0.268 e. The summed E-state index contributed by atoms with van der Waals surface area (Å²) in [7, 11) is -3.64. The second-order valence-electron chi connectivity index (χ2n) is 5.11. The van der Waals surface area contributed by atoms with Crippen LogP contribution in [0.15, 0.2) is 59.6 Å². The third kappa shape index (κ3) is 2.28. The van der Waals surface area contributed by atoms with Crippen molar-refractivity contribution in [2.24, 2.45) is 0 Å². The van der Waals surface area contributed by atoms with Gasteiger partial charge in [-0.05, 0) is 36.8 Å².